The van der Waals surface area contributed by atoms with Crippen LogP contribution >= 0.6 is 23.5 Å². The highest BCUT2D eigenvalue weighted by Gasteiger charge is 2.34. The predicted molar refractivity (Wildman–Crippen MR) is 71.2 cm³/mol. The summed E-state index contributed by atoms with van der Waals surface area (Å²) in [6.07, 6.45) is 1.50. The fourth-order valence-corrected chi connectivity index (χ4v) is 0.401. The van der Waals surface area contributed by atoms with Crippen LogP contribution in [0.4, 0.5) is 13.2 Å². The van der Waals surface area contributed by atoms with Gasteiger partial charge >= 0.3 is 6.18 Å². The highest BCUT2D eigenvalue weighted by Crippen LogP contribution is 2.27. The minimum absolute atomic E-state index is 0.807. The summed E-state index contributed by atoms with van der Waals surface area (Å²) in [4.78, 5) is 0. The van der Waals surface area contributed by atoms with Crippen LogP contribution < -0.4 is 0 Å². The number of hydrogen-bond donors (Lipinski definition) is 0. The Hall–Kier alpha value is 0.490. The Labute approximate surface area is 102 Å². The molecule has 0 saturated carbocycles. The molecule has 0 amide bonds. The molecule has 0 spiro atoms. The molecule has 0 radical (unpaired) electrons. The maximum absolute atomic E-state index is 11.4. The summed E-state index contributed by atoms with van der Waals surface area (Å²) < 4.78 is 34.3. The molecule has 0 heterocycles. The zero-order chi connectivity index (χ0) is 13.5. The molecule has 0 aliphatic heterocycles. The second kappa shape index (κ2) is 20.0. The van der Waals surface area contributed by atoms with Crippen LogP contribution in [0.1, 0.15) is 34.6 Å². The molecule has 5 heteroatoms. The Morgan fingerprint density at radius 3 is 1.07 bits per heavy atom. The average Bonchev–Trinajstić information content (AvgIpc) is 2.22. The van der Waals surface area contributed by atoms with Crippen LogP contribution in [0.25, 0.3) is 0 Å². The van der Waals surface area contributed by atoms with Crippen molar-refractivity contribution in [2.45, 2.75) is 46.0 Å². The van der Waals surface area contributed by atoms with Crippen LogP contribution in [0.2, 0.25) is 0 Å². The van der Waals surface area contributed by atoms with Gasteiger partial charge in [-0.3, -0.25) is 0 Å². The fourth-order valence-electron chi connectivity index (χ4n) is 0.134. The van der Waals surface area contributed by atoms with Gasteiger partial charge in [-0.05, 0) is 25.7 Å². The summed E-state index contributed by atoms with van der Waals surface area (Å²) in [6.45, 7) is 9.14. The molecule has 0 aromatic carbocycles. The van der Waals surface area contributed by atoms with E-state index in [0.717, 1.165) is 18.7 Å². The van der Waals surface area contributed by atoms with Gasteiger partial charge in [0.25, 0.3) is 0 Å². The standard InChI is InChI=1S/C4H7F3S.C2H6S.2C2H6/c1-3(8-2)4(5,6)7;1-3-2;2*1-2/h3H,1-2H3;1-2H3;2*1-2H3. The molecular weight excluding hydrogens is 241 g/mol. The van der Waals surface area contributed by atoms with Crippen molar-refractivity contribution in [3.05, 3.63) is 0 Å². The molecule has 0 rings (SSSR count). The lowest BCUT2D eigenvalue weighted by Crippen LogP contribution is -2.21. The number of alkyl halides is 3. The topological polar surface area (TPSA) is 0 Å². The van der Waals surface area contributed by atoms with Crippen LogP contribution in [0.15, 0.2) is 0 Å². The van der Waals surface area contributed by atoms with Crippen molar-refractivity contribution in [3.8, 4) is 0 Å². The van der Waals surface area contributed by atoms with Crippen molar-refractivity contribution in [1.82, 2.24) is 0 Å². The molecule has 0 nitrogen and oxygen atoms in total. The van der Waals surface area contributed by atoms with Gasteiger partial charge in [0, 0.05) is 0 Å². The molecule has 0 aliphatic rings. The summed E-state index contributed by atoms with van der Waals surface area (Å²) in [5.74, 6) is 0. The quantitative estimate of drug-likeness (QED) is 0.629. The SMILES string of the molecule is CC.CC.CSC.CSC(C)C(F)(F)F. The maximum Gasteiger partial charge on any atom is 0.400 e. The van der Waals surface area contributed by atoms with E-state index in [1.165, 1.54) is 6.26 Å². The molecule has 0 fully saturated rings. The molecule has 98 valence electrons. The van der Waals surface area contributed by atoms with Gasteiger partial charge in [-0.15, -0.1) is 0 Å². The van der Waals surface area contributed by atoms with E-state index in [1.807, 2.05) is 40.2 Å². The molecule has 1 unspecified atom stereocenters. The van der Waals surface area contributed by atoms with Gasteiger partial charge in [-0.25, -0.2) is 0 Å². The van der Waals surface area contributed by atoms with Crippen molar-refractivity contribution in [1.29, 1.82) is 0 Å². The van der Waals surface area contributed by atoms with Crippen molar-refractivity contribution in [2.24, 2.45) is 0 Å². The predicted octanol–water partition coefficient (Wildman–Crippen LogP) is 5.33. The Balaban J connectivity index is -0.0000000726. The monoisotopic (exact) mass is 266 g/mol. The lowest BCUT2D eigenvalue weighted by Gasteiger charge is -2.11. The molecule has 0 aromatic rings. The fraction of sp³-hybridized carbons (Fsp3) is 1.00. The zero-order valence-corrected chi connectivity index (χ0v) is 12.7. The molecule has 0 N–H and O–H groups in total. The van der Waals surface area contributed by atoms with Crippen LogP contribution in [0, 0.1) is 0 Å². The zero-order valence-electron chi connectivity index (χ0n) is 11.0. The minimum atomic E-state index is -4.03. The van der Waals surface area contributed by atoms with E-state index >= 15 is 0 Å². The number of halogens is 3. The summed E-state index contributed by atoms with van der Waals surface area (Å²) in [5.41, 5.74) is 0. The molecule has 0 aliphatic carbocycles. The van der Waals surface area contributed by atoms with Gasteiger partial charge < -0.3 is 0 Å². The number of hydrogen-bond acceptors (Lipinski definition) is 2. The first-order valence-corrected chi connectivity index (χ1v) is 7.81. The largest absolute Gasteiger partial charge is 0.400 e. The van der Waals surface area contributed by atoms with Gasteiger partial charge in [0.1, 0.15) is 0 Å². The third-order valence-electron chi connectivity index (χ3n) is 0.815. The van der Waals surface area contributed by atoms with E-state index in [4.69, 9.17) is 0 Å². The van der Waals surface area contributed by atoms with E-state index in [0.29, 0.717) is 0 Å². The highest BCUT2D eigenvalue weighted by atomic mass is 32.2. The summed E-state index contributed by atoms with van der Waals surface area (Å²) >= 11 is 2.56. The second-order valence-corrected chi connectivity index (χ2v) is 3.82. The summed E-state index contributed by atoms with van der Waals surface area (Å²) in [6, 6.07) is 0. The van der Waals surface area contributed by atoms with Crippen LogP contribution in [-0.2, 0) is 0 Å². The molecule has 0 bridgehead atoms. The number of rotatable bonds is 1. The number of thioether (sulfide) groups is 2. The summed E-state index contributed by atoms with van der Waals surface area (Å²) in [5, 5.41) is -1.23. The second-order valence-electron chi connectivity index (χ2n) is 1.83. The first-order chi connectivity index (χ1) is 6.90. The van der Waals surface area contributed by atoms with E-state index < -0.39 is 11.4 Å². The molecular formula is C10H25F3S2. The lowest BCUT2D eigenvalue weighted by atomic mass is 10.5. The minimum Gasteiger partial charge on any atom is -0.170 e. The normalized spacial score (nSPS) is 10.6. The molecule has 0 saturated heterocycles. The smallest absolute Gasteiger partial charge is 0.170 e. The Morgan fingerprint density at radius 2 is 1.07 bits per heavy atom. The van der Waals surface area contributed by atoms with E-state index in [9.17, 15) is 13.2 Å². The van der Waals surface area contributed by atoms with Gasteiger partial charge in [-0.2, -0.15) is 36.7 Å². The van der Waals surface area contributed by atoms with Crippen molar-refractivity contribution in [2.75, 3.05) is 18.8 Å². The van der Waals surface area contributed by atoms with E-state index in [2.05, 4.69) is 0 Å². The average molecular weight is 266 g/mol. The van der Waals surface area contributed by atoms with Crippen LogP contribution in [0.5, 0.6) is 0 Å². The first-order valence-electron chi connectivity index (χ1n) is 4.89. The lowest BCUT2D eigenvalue weighted by molar-refractivity contribution is -0.125. The van der Waals surface area contributed by atoms with Gasteiger partial charge in [0.05, 0.1) is 5.25 Å². The van der Waals surface area contributed by atoms with Crippen molar-refractivity contribution in [3.63, 3.8) is 0 Å². The Morgan fingerprint density at radius 1 is 0.867 bits per heavy atom. The van der Waals surface area contributed by atoms with E-state index in [1.54, 1.807) is 11.8 Å². The Bertz CT molecular complexity index is 85.2. The van der Waals surface area contributed by atoms with Gasteiger partial charge in [0.15, 0.2) is 0 Å². The van der Waals surface area contributed by atoms with Gasteiger partial charge in [0.2, 0.25) is 0 Å². The molecule has 1 atom stereocenters. The highest BCUT2D eigenvalue weighted by molar-refractivity contribution is 7.99. The van der Waals surface area contributed by atoms with Crippen LogP contribution in [0.3, 0.4) is 0 Å². The third kappa shape index (κ3) is 31.4. The third-order valence-corrected chi connectivity index (χ3v) is 1.79. The Kier molecular flexibility index (Phi) is 32.8. The summed E-state index contributed by atoms with van der Waals surface area (Å²) in [7, 11) is 0. The molecule has 15 heavy (non-hydrogen) atoms. The molecule has 0 aromatic heterocycles. The van der Waals surface area contributed by atoms with Crippen molar-refractivity contribution >= 4 is 23.5 Å². The van der Waals surface area contributed by atoms with Crippen LogP contribution in [-0.4, -0.2) is 30.2 Å². The van der Waals surface area contributed by atoms with Gasteiger partial charge in [-0.1, -0.05) is 27.7 Å². The van der Waals surface area contributed by atoms with E-state index in [-0.39, 0.29) is 0 Å². The van der Waals surface area contributed by atoms with Crippen molar-refractivity contribution < 1.29 is 13.2 Å². The maximum atomic E-state index is 11.4. The first kappa shape index (κ1) is 24.6.